The number of benzene rings is 4. The standard InChI is InChI=1S/C58H64F2N12O6S/c1-31(2)52(57(76)71-26-40(74)21-48(71)56(75)64-47(28-73)37-13-15-38(16-14-37)54-33(4)62-30-79-54)72-27-46(68-69-72)36-9-7-34(8-10-36)29-78-53-50(49-32(3)44(60)23-45-43(49)25-63-67-45)41(35-11-12-35)22-42-51(53)65-58(77-20-6-18-59)66-55(42)70(5)39-17-19-61-24-39/h7-10,13-16,22-23,25,27,30-31,35,39-40,47-48,52,61,73-74H,6,11-12,17-21,24,26,28-29H2,1-5H3,(H,63,67)(H,64,75)/t39-,40+,47-,48-,52-/m0/s1. The van der Waals surface area contributed by atoms with Crippen LogP contribution in [0.25, 0.3) is 54.6 Å². The Morgan fingerprint density at radius 2 is 1.78 bits per heavy atom. The van der Waals surface area contributed by atoms with Crippen molar-refractivity contribution in [3.05, 3.63) is 112 Å². The summed E-state index contributed by atoms with van der Waals surface area (Å²) in [6, 6.07) is 16.4. The van der Waals surface area contributed by atoms with Gasteiger partial charge in [-0.15, -0.1) is 16.4 Å². The number of hydrogen-bond acceptors (Lipinski definition) is 15. The molecule has 0 bridgehead atoms. The number of likely N-dealkylation sites (N-methyl/N-ethyl adjacent to an activating group) is 1. The normalized spacial score (nSPS) is 18.2. The molecule has 6 heterocycles. The number of rotatable bonds is 20. The Bertz CT molecular complexity index is 3510. The van der Waals surface area contributed by atoms with Gasteiger partial charge in [0.05, 0.1) is 66.0 Å². The number of alkyl halides is 1. The zero-order valence-electron chi connectivity index (χ0n) is 44.7. The fourth-order valence-corrected chi connectivity index (χ4v) is 11.9. The lowest BCUT2D eigenvalue weighted by molar-refractivity contribution is -0.142. The number of H-pyrrole nitrogens is 1. The van der Waals surface area contributed by atoms with Crippen molar-refractivity contribution in [2.24, 2.45) is 5.92 Å². The number of nitrogens with zero attached hydrogens (tertiary/aromatic N) is 9. The van der Waals surface area contributed by atoms with E-state index in [0.717, 1.165) is 81.5 Å². The van der Waals surface area contributed by atoms with Crippen molar-refractivity contribution in [2.45, 2.75) is 103 Å². The van der Waals surface area contributed by atoms with Gasteiger partial charge < -0.3 is 40.1 Å². The molecule has 4 aromatic heterocycles. The lowest BCUT2D eigenvalue weighted by Gasteiger charge is -2.30. The van der Waals surface area contributed by atoms with E-state index in [1.165, 1.54) is 27.0 Å². The molecule has 0 unspecified atom stereocenters. The summed E-state index contributed by atoms with van der Waals surface area (Å²) < 4.78 is 44.0. The van der Waals surface area contributed by atoms with E-state index in [4.69, 9.17) is 19.4 Å². The fourth-order valence-electron chi connectivity index (χ4n) is 11.1. The molecule has 1 aliphatic carbocycles. The number of thiazole rings is 1. The van der Waals surface area contributed by atoms with Gasteiger partial charge in [0.1, 0.15) is 41.5 Å². The first-order valence-corrected chi connectivity index (χ1v) is 27.9. The predicted molar refractivity (Wildman–Crippen MR) is 297 cm³/mol. The van der Waals surface area contributed by atoms with Crippen molar-refractivity contribution in [1.29, 1.82) is 0 Å². The Kier molecular flexibility index (Phi) is 15.4. The number of carbonyl (C=O) groups is 2. The molecule has 5 atom stereocenters. The smallest absolute Gasteiger partial charge is 0.319 e. The van der Waals surface area contributed by atoms with Crippen LogP contribution in [0, 0.1) is 25.6 Å². The van der Waals surface area contributed by atoms with E-state index in [1.807, 2.05) is 76.3 Å². The van der Waals surface area contributed by atoms with Crippen LogP contribution in [0.4, 0.5) is 14.6 Å². The first kappa shape index (κ1) is 53.5. The fraction of sp³-hybridized carbons (Fsp3) is 0.414. The summed E-state index contributed by atoms with van der Waals surface area (Å²) in [6.07, 6.45) is 5.48. The van der Waals surface area contributed by atoms with Crippen molar-refractivity contribution in [3.8, 4) is 44.6 Å². The van der Waals surface area contributed by atoms with E-state index in [1.54, 1.807) is 24.8 Å². The molecule has 4 aromatic carbocycles. The summed E-state index contributed by atoms with van der Waals surface area (Å²) >= 11 is 1.54. The Hall–Kier alpha value is -7.46. The molecule has 3 fully saturated rings. The number of anilines is 1. The van der Waals surface area contributed by atoms with Crippen molar-refractivity contribution >= 4 is 50.8 Å². The van der Waals surface area contributed by atoms with Crippen molar-refractivity contribution in [1.82, 2.24) is 55.7 Å². The van der Waals surface area contributed by atoms with E-state index < -0.39 is 48.5 Å². The minimum Gasteiger partial charge on any atom is -0.486 e. The third-order valence-corrected chi connectivity index (χ3v) is 16.5. The highest BCUT2D eigenvalue weighted by atomic mass is 32.1. The van der Waals surface area contributed by atoms with Crippen molar-refractivity contribution in [2.75, 3.05) is 51.5 Å². The Morgan fingerprint density at radius 3 is 2.48 bits per heavy atom. The van der Waals surface area contributed by atoms with E-state index in [-0.39, 0.29) is 63.1 Å². The molecule has 3 aliphatic rings. The number of aromatic amines is 1. The van der Waals surface area contributed by atoms with Crippen LogP contribution in [0.3, 0.4) is 0 Å². The third-order valence-electron chi connectivity index (χ3n) is 15.6. The second-order valence-corrected chi connectivity index (χ2v) is 22.1. The molecule has 0 radical (unpaired) electrons. The molecule has 5 N–H and O–H groups in total. The molecule has 2 saturated heterocycles. The Labute approximate surface area is 459 Å². The minimum absolute atomic E-state index is 0.0342. The van der Waals surface area contributed by atoms with Crippen molar-refractivity contribution < 1.29 is 38.1 Å². The molecule has 2 aliphatic heterocycles. The number of likely N-dealkylation sites (tertiary alicyclic amines) is 1. The zero-order chi connectivity index (χ0) is 55.1. The summed E-state index contributed by atoms with van der Waals surface area (Å²) in [6.45, 7) is 8.31. The number of β-amino-alcohol motifs (C(OH)–C–C–N with tert-alkyl or cyclic N) is 1. The highest BCUT2D eigenvalue weighted by Gasteiger charge is 2.43. The molecule has 21 heteroatoms. The van der Waals surface area contributed by atoms with Crippen LogP contribution in [0.15, 0.2) is 78.6 Å². The number of nitrogens with one attached hydrogen (secondary N) is 3. The average molecular weight is 1100 g/mol. The van der Waals surface area contributed by atoms with Gasteiger partial charge in [0.2, 0.25) is 11.8 Å². The van der Waals surface area contributed by atoms with Crippen LogP contribution in [0.5, 0.6) is 11.8 Å². The van der Waals surface area contributed by atoms with E-state index in [9.17, 15) is 24.2 Å². The van der Waals surface area contributed by atoms with Crippen LogP contribution in [0.2, 0.25) is 0 Å². The number of hydrogen-bond donors (Lipinski definition) is 5. The summed E-state index contributed by atoms with van der Waals surface area (Å²) in [5.41, 5.74) is 10.3. The molecule has 2 amide bonds. The average Bonchev–Trinajstić information content (AvgIpc) is 4.24. The highest BCUT2D eigenvalue weighted by Crippen LogP contribution is 2.53. The number of halogens is 2. The van der Waals surface area contributed by atoms with Gasteiger partial charge in [0, 0.05) is 66.5 Å². The number of fused-ring (bicyclic) bond motifs is 2. The van der Waals surface area contributed by atoms with Gasteiger partial charge in [-0.05, 0) is 91.4 Å². The zero-order valence-corrected chi connectivity index (χ0v) is 45.6. The van der Waals surface area contributed by atoms with Crippen LogP contribution in [0.1, 0.15) is 91.9 Å². The number of aliphatic hydroxyl groups excluding tert-OH is 2. The minimum atomic E-state index is -0.988. The lowest BCUT2D eigenvalue weighted by Crippen LogP contribution is -2.50. The maximum Gasteiger partial charge on any atom is 0.319 e. The van der Waals surface area contributed by atoms with Gasteiger partial charge in [-0.1, -0.05) is 67.6 Å². The van der Waals surface area contributed by atoms with E-state index >= 15 is 4.39 Å². The van der Waals surface area contributed by atoms with Gasteiger partial charge in [0.25, 0.3) is 0 Å². The maximum absolute atomic E-state index is 16.0. The van der Waals surface area contributed by atoms with Gasteiger partial charge in [-0.25, -0.2) is 14.1 Å². The van der Waals surface area contributed by atoms with E-state index in [0.29, 0.717) is 45.0 Å². The number of amides is 2. The molecular formula is C58H64F2N12O6S. The quantitative estimate of drug-likeness (QED) is 0.0453. The number of aryl methyl sites for hydroxylation is 1. The monoisotopic (exact) mass is 1090 g/mol. The summed E-state index contributed by atoms with van der Waals surface area (Å²) in [5, 5.41) is 45.4. The van der Waals surface area contributed by atoms with Gasteiger partial charge in [-0.3, -0.25) is 19.1 Å². The second-order valence-electron chi connectivity index (χ2n) is 21.3. The molecule has 412 valence electrons. The number of ether oxygens (including phenoxy) is 2. The highest BCUT2D eigenvalue weighted by molar-refractivity contribution is 7.13. The number of carbonyl (C=O) groups excluding carboxylic acids is 2. The van der Waals surface area contributed by atoms with Gasteiger partial charge in [0.15, 0.2) is 5.75 Å². The topological polar surface area (TPSA) is 222 Å². The van der Waals surface area contributed by atoms with Crippen LogP contribution in [-0.4, -0.2) is 132 Å². The predicted octanol–water partition coefficient (Wildman–Crippen LogP) is 8.31. The summed E-state index contributed by atoms with van der Waals surface area (Å²) in [4.78, 5) is 47.5. The molecule has 79 heavy (non-hydrogen) atoms. The first-order valence-electron chi connectivity index (χ1n) is 27.0. The third kappa shape index (κ3) is 10.8. The largest absolute Gasteiger partial charge is 0.486 e. The van der Waals surface area contributed by atoms with Gasteiger partial charge >= 0.3 is 6.01 Å². The number of aromatic nitrogens is 8. The molecular weight excluding hydrogens is 1030 g/mol. The molecule has 18 nitrogen and oxygen atoms in total. The molecule has 1 saturated carbocycles. The maximum atomic E-state index is 16.0. The van der Waals surface area contributed by atoms with Gasteiger partial charge in [-0.2, -0.15) is 15.1 Å². The lowest BCUT2D eigenvalue weighted by atomic mass is 9.88. The van der Waals surface area contributed by atoms with Crippen LogP contribution < -0.4 is 25.0 Å². The second kappa shape index (κ2) is 22.7. The van der Waals surface area contributed by atoms with Crippen LogP contribution >= 0.6 is 11.3 Å². The Balaban J connectivity index is 0.868. The summed E-state index contributed by atoms with van der Waals surface area (Å²) in [5.74, 6) is -0.270. The Morgan fingerprint density at radius 1 is 1.00 bits per heavy atom. The first-order chi connectivity index (χ1) is 38.3. The van der Waals surface area contributed by atoms with Crippen LogP contribution in [-0.2, 0) is 16.2 Å². The molecule has 8 aromatic rings. The molecule has 0 spiro atoms. The van der Waals surface area contributed by atoms with E-state index in [2.05, 4.69) is 47.1 Å². The van der Waals surface area contributed by atoms with Crippen molar-refractivity contribution in [3.63, 3.8) is 0 Å². The SMILES string of the molecule is Cc1ncsc1-c1ccc([C@H](CO)NC(=O)[C@@H]2C[C@@H](O)CN2C(=O)[C@H](C(C)C)n2cc(-c3ccc(COc4c(-c5c(C)c(F)cc6[nH]ncc56)c(C5CC5)cc5c(N(C)[C@H]6CCNC6)nc(OCCCF)nc45)cc3)nn2)cc1. The number of aliphatic hydroxyl groups is 2. The summed E-state index contributed by atoms with van der Waals surface area (Å²) in [7, 11) is 2.01. The molecule has 11 rings (SSSR count).